The summed E-state index contributed by atoms with van der Waals surface area (Å²) in [6, 6.07) is 7.31. The van der Waals surface area contributed by atoms with Gasteiger partial charge in [-0.2, -0.15) is 0 Å². The summed E-state index contributed by atoms with van der Waals surface area (Å²) in [4.78, 5) is 11.1. The molecule has 0 N–H and O–H groups in total. The molecule has 0 spiro atoms. The van der Waals surface area contributed by atoms with Gasteiger partial charge in [0.15, 0.2) is 5.78 Å². The van der Waals surface area contributed by atoms with E-state index in [0.717, 1.165) is 10.0 Å². The number of carbonyl (C=O) groups excluding carboxylic acids is 1. The van der Waals surface area contributed by atoms with E-state index in [1.54, 1.807) is 12.1 Å². The van der Waals surface area contributed by atoms with Crippen molar-refractivity contribution >= 4 is 37.6 Å². The molecule has 0 heterocycles. The van der Waals surface area contributed by atoms with E-state index < -0.39 is 0 Å². The van der Waals surface area contributed by atoms with Gasteiger partial charge in [0.25, 0.3) is 0 Å². The zero-order chi connectivity index (χ0) is 8.27. The van der Waals surface area contributed by atoms with Crippen LogP contribution in [0.3, 0.4) is 0 Å². The third-order valence-electron chi connectivity index (χ3n) is 1.29. The maximum atomic E-state index is 11.1. The number of hydrogen-bond donors (Lipinski definition) is 0. The molecule has 0 atom stereocenters. The Morgan fingerprint density at radius 3 is 2.27 bits per heavy atom. The molecule has 0 aliphatic heterocycles. The average molecular weight is 279 g/mol. The van der Waals surface area contributed by atoms with Gasteiger partial charge in [-0.15, -0.1) is 0 Å². The van der Waals surface area contributed by atoms with E-state index in [9.17, 15) is 4.79 Å². The van der Waals surface area contributed by atoms with Crippen molar-refractivity contribution in [3.05, 3.63) is 34.3 Å². The minimum absolute atomic E-state index is 0.109. The summed E-state index contributed by atoms with van der Waals surface area (Å²) >= 11 is 6.40. The fraction of sp³-hybridized carbons (Fsp3) is 0.125. The molecule has 0 fully saturated rings. The third-order valence-corrected chi connectivity index (χ3v) is 2.33. The fourth-order valence-corrected chi connectivity index (χ4v) is 1.30. The molecule has 1 aromatic carbocycles. The molecule has 1 rings (SSSR count). The molecule has 0 amide bonds. The topological polar surface area (TPSA) is 17.1 Å². The van der Waals surface area contributed by atoms with E-state index in [1.165, 1.54) is 0 Å². The molecule has 0 radical (unpaired) electrons. The molecular formula is C8H6Br2O. The van der Waals surface area contributed by atoms with Crippen LogP contribution in [0.4, 0.5) is 0 Å². The Kier molecular flexibility index (Phi) is 3.27. The van der Waals surface area contributed by atoms with Crippen LogP contribution in [-0.2, 0) is 0 Å². The van der Waals surface area contributed by atoms with Crippen LogP contribution in [0.2, 0.25) is 0 Å². The molecule has 3 heteroatoms. The number of rotatable bonds is 2. The number of halogens is 2. The molecular weight excluding hydrogens is 273 g/mol. The SMILES string of the molecule is O=C([13CH2]Br)c1ccc(Br)cc1. The zero-order valence-electron chi connectivity index (χ0n) is 5.68. The Bertz CT molecular complexity index is 253. The quantitative estimate of drug-likeness (QED) is 0.462. The smallest absolute Gasteiger partial charge is 0.173 e. The second-order valence-corrected chi connectivity index (χ2v) is 3.54. The summed E-state index contributed by atoms with van der Waals surface area (Å²) in [7, 11) is 0. The highest BCUT2D eigenvalue weighted by atomic mass is 79.9. The van der Waals surface area contributed by atoms with Crippen LogP contribution in [-0.4, -0.2) is 11.1 Å². The first-order valence-electron chi connectivity index (χ1n) is 3.09. The molecule has 0 saturated carbocycles. The highest BCUT2D eigenvalue weighted by Crippen LogP contribution is 2.11. The van der Waals surface area contributed by atoms with E-state index in [4.69, 9.17) is 0 Å². The van der Waals surface area contributed by atoms with Crippen molar-refractivity contribution in [1.82, 2.24) is 0 Å². The first-order valence-corrected chi connectivity index (χ1v) is 5.00. The summed E-state index contributed by atoms with van der Waals surface area (Å²) in [6.45, 7) is 0. The number of carbonyl (C=O) groups is 1. The number of ketones is 1. The second-order valence-electron chi connectivity index (χ2n) is 2.06. The minimum atomic E-state index is 0.109. The monoisotopic (exact) mass is 277 g/mol. The summed E-state index contributed by atoms with van der Waals surface area (Å²) in [6.07, 6.45) is 0. The maximum Gasteiger partial charge on any atom is 0.173 e. The van der Waals surface area contributed by atoms with Gasteiger partial charge in [-0.3, -0.25) is 4.79 Å². The van der Waals surface area contributed by atoms with E-state index in [0.29, 0.717) is 5.33 Å². The van der Waals surface area contributed by atoms with E-state index in [-0.39, 0.29) is 5.78 Å². The Morgan fingerprint density at radius 1 is 1.27 bits per heavy atom. The molecule has 1 aromatic rings. The van der Waals surface area contributed by atoms with Crippen LogP contribution in [0.15, 0.2) is 28.7 Å². The van der Waals surface area contributed by atoms with Crippen LogP contribution >= 0.6 is 31.9 Å². The highest BCUT2D eigenvalue weighted by molar-refractivity contribution is 9.10. The van der Waals surface area contributed by atoms with Gasteiger partial charge in [0.1, 0.15) is 0 Å². The van der Waals surface area contributed by atoms with Crippen molar-refractivity contribution in [2.45, 2.75) is 0 Å². The largest absolute Gasteiger partial charge is 0.293 e. The molecule has 0 bridgehead atoms. The van der Waals surface area contributed by atoms with Crippen molar-refractivity contribution in [3.8, 4) is 0 Å². The Balaban J connectivity index is 2.90. The van der Waals surface area contributed by atoms with Crippen molar-refractivity contribution < 1.29 is 4.79 Å². The summed E-state index contributed by atoms with van der Waals surface area (Å²) in [5.74, 6) is 0.109. The van der Waals surface area contributed by atoms with Gasteiger partial charge in [-0.1, -0.05) is 44.0 Å². The third kappa shape index (κ3) is 2.42. The van der Waals surface area contributed by atoms with Crippen molar-refractivity contribution in [3.63, 3.8) is 0 Å². The number of alkyl halides is 1. The van der Waals surface area contributed by atoms with Gasteiger partial charge in [0, 0.05) is 10.0 Å². The molecule has 0 aliphatic rings. The lowest BCUT2D eigenvalue weighted by molar-refractivity contribution is 0.102. The molecule has 0 aromatic heterocycles. The number of benzene rings is 1. The Hall–Kier alpha value is -0.150. The Morgan fingerprint density at radius 2 is 1.82 bits per heavy atom. The van der Waals surface area contributed by atoms with Gasteiger partial charge in [0.05, 0.1) is 5.33 Å². The van der Waals surface area contributed by atoms with Crippen LogP contribution in [0.1, 0.15) is 10.4 Å². The summed E-state index contributed by atoms with van der Waals surface area (Å²) < 4.78 is 0.989. The van der Waals surface area contributed by atoms with Gasteiger partial charge in [-0.05, 0) is 12.1 Å². The van der Waals surface area contributed by atoms with Crippen LogP contribution in [0.25, 0.3) is 0 Å². The van der Waals surface area contributed by atoms with Crippen LogP contribution in [0.5, 0.6) is 0 Å². The fourth-order valence-electron chi connectivity index (χ4n) is 0.713. The highest BCUT2D eigenvalue weighted by Gasteiger charge is 2.01. The summed E-state index contributed by atoms with van der Waals surface area (Å²) in [5, 5.41) is 0.384. The molecule has 11 heavy (non-hydrogen) atoms. The van der Waals surface area contributed by atoms with Crippen LogP contribution < -0.4 is 0 Å². The van der Waals surface area contributed by atoms with Gasteiger partial charge in [-0.25, -0.2) is 0 Å². The zero-order valence-corrected chi connectivity index (χ0v) is 8.85. The van der Waals surface area contributed by atoms with E-state index in [2.05, 4.69) is 31.9 Å². The van der Waals surface area contributed by atoms with Crippen LogP contribution in [0, 0.1) is 0 Å². The van der Waals surface area contributed by atoms with Gasteiger partial charge in [0.2, 0.25) is 0 Å². The van der Waals surface area contributed by atoms with Crippen molar-refractivity contribution in [2.24, 2.45) is 0 Å². The number of Topliss-reactive ketones (excluding diaryl/α,β-unsaturated/α-hetero) is 1. The van der Waals surface area contributed by atoms with Crippen molar-refractivity contribution in [1.29, 1.82) is 0 Å². The normalized spacial score (nSPS) is 9.64. The van der Waals surface area contributed by atoms with Gasteiger partial charge >= 0.3 is 0 Å². The lowest BCUT2D eigenvalue weighted by atomic mass is 10.2. The van der Waals surface area contributed by atoms with Gasteiger partial charge < -0.3 is 0 Å². The van der Waals surface area contributed by atoms with Crippen molar-refractivity contribution in [2.75, 3.05) is 5.33 Å². The van der Waals surface area contributed by atoms with E-state index in [1.807, 2.05) is 12.1 Å². The summed E-state index contributed by atoms with van der Waals surface area (Å²) in [5.41, 5.74) is 0.741. The predicted octanol–water partition coefficient (Wildman–Crippen LogP) is 3.03. The molecule has 58 valence electrons. The lowest BCUT2D eigenvalue weighted by Crippen LogP contribution is -1.98. The molecule has 0 unspecified atom stereocenters. The predicted molar refractivity (Wildman–Crippen MR) is 52.3 cm³/mol. The first kappa shape index (κ1) is 8.94. The Labute approximate surface area is 82.1 Å². The lowest BCUT2D eigenvalue weighted by Gasteiger charge is -1.95. The van der Waals surface area contributed by atoms with E-state index >= 15 is 0 Å². The second kappa shape index (κ2) is 4.02. The molecule has 0 saturated heterocycles. The minimum Gasteiger partial charge on any atom is -0.293 e. The maximum absolute atomic E-state index is 11.1. The standard InChI is InChI=1S/C8H6Br2O/c9-5-8(11)6-1-3-7(10)4-2-6/h1-4H,5H2/i5+1. The average Bonchev–Trinajstić information content (AvgIpc) is 2.05. The molecule has 1 nitrogen and oxygen atoms in total. The first-order chi connectivity index (χ1) is 5.24. The molecule has 0 aliphatic carbocycles. The number of hydrogen-bond acceptors (Lipinski definition) is 1.